The molecule has 2 heterocycles. The Bertz CT molecular complexity index is 740. The molecule has 1 aromatic carbocycles. The maximum absolute atomic E-state index is 12.7. The summed E-state index contributed by atoms with van der Waals surface area (Å²) in [5.74, 6) is 0.463. The van der Waals surface area contributed by atoms with Crippen LogP contribution in [0.3, 0.4) is 0 Å². The van der Waals surface area contributed by atoms with E-state index in [0.717, 1.165) is 12.1 Å². The van der Waals surface area contributed by atoms with Gasteiger partial charge in [0.15, 0.2) is 0 Å². The van der Waals surface area contributed by atoms with Crippen LogP contribution in [0.25, 0.3) is 0 Å². The Kier molecular flexibility index (Phi) is 3.75. The molecule has 1 aromatic heterocycles. The average Bonchev–Trinajstić information content (AvgIpc) is 2.52. The van der Waals surface area contributed by atoms with Crippen LogP contribution in [0, 0.1) is 5.41 Å². The largest absolute Gasteiger partial charge is 0.508 e. The Hall–Kier alpha value is -2.36. The van der Waals surface area contributed by atoms with E-state index in [1.165, 1.54) is 24.8 Å². The second kappa shape index (κ2) is 5.93. The van der Waals surface area contributed by atoms with E-state index < -0.39 is 0 Å². The zero-order valence-electron chi connectivity index (χ0n) is 13.7. The molecule has 4 rings (SSSR count). The summed E-state index contributed by atoms with van der Waals surface area (Å²) in [6, 6.07) is 11.5. The monoisotopic (exact) mass is 322 g/mol. The predicted octanol–water partition coefficient (Wildman–Crippen LogP) is 3.47. The number of amides is 1. The maximum atomic E-state index is 12.7. The summed E-state index contributed by atoms with van der Waals surface area (Å²) in [5.41, 5.74) is 2.52. The van der Waals surface area contributed by atoms with Crippen LogP contribution >= 0.6 is 0 Å². The van der Waals surface area contributed by atoms with Crippen molar-refractivity contribution in [1.82, 2.24) is 9.88 Å². The minimum Gasteiger partial charge on any atom is -0.508 e. The van der Waals surface area contributed by atoms with Crippen LogP contribution in [0.1, 0.15) is 42.9 Å². The second-order valence-electron chi connectivity index (χ2n) is 7.09. The number of aryl methyl sites for hydroxylation is 1. The first-order valence-corrected chi connectivity index (χ1v) is 8.65. The molecule has 1 spiro atoms. The first kappa shape index (κ1) is 15.2. The van der Waals surface area contributed by atoms with E-state index >= 15 is 0 Å². The Morgan fingerprint density at radius 2 is 2.04 bits per heavy atom. The van der Waals surface area contributed by atoms with Crippen molar-refractivity contribution in [1.29, 1.82) is 0 Å². The Balaban J connectivity index is 1.46. The molecule has 4 heteroatoms. The topological polar surface area (TPSA) is 53.4 Å². The van der Waals surface area contributed by atoms with Gasteiger partial charge in [-0.3, -0.25) is 9.78 Å². The highest BCUT2D eigenvalue weighted by Crippen LogP contribution is 2.60. The van der Waals surface area contributed by atoms with Crippen molar-refractivity contribution in [3.63, 3.8) is 0 Å². The molecule has 1 aliphatic carbocycles. The van der Waals surface area contributed by atoms with E-state index in [0.29, 0.717) is 18.3 Å². The van der Waals surface area contributed by atoms with Gasteiger partial charge in [-0.2, -0.15) is 0 Å². The van der Waals surface area contributed by atoms with Crippen LogP contribution in [0.15, 0.2) is 48.8 Å². The molecule has 1 unspecified atom stereocenters. The van der Waals surface area contributed by atoms with Crippen LogP contribution in [-0.2, 0) is 11.2 Å². The number of aromatic hydroxyl groups is 1. The lowest BCUT2D eigenvalue weighted by Gasteiger charge is -2.62. The lowest BCUT2D eigenvalue weighted by Crippen LogP contribution is -2.63. The van der Waals surface area contributed by atoms with Crippen molar-refractivity contribution < 1.29 is 9.90 Å². The van der Waals surface area contributed by atoms with Crippen molar-refractivity contribution in [2.24, 2.45) is 5.41 Å². The number of rotatable bonds is 4. The van der Waals surface area contributed by atoms with E-state index in [9.17, 15) is 9.90 Å². The molecule has 1 atom stereocenters. The molecule has 0 radical (unpaired) electrons. The van der Waals surface area contributed by atoms with Crippen molar-refractivity contribution in [2.45, 2.75) is 38.1 Å². The summed E-state index contributed by atoms with van der Waals surface area (Å²) in [6.07, 6.45) is 8.49. The average molecular weight is 322 g/mol. The zero-order chi connectivity index (χ0) is 16.6. The highest BCUT2D eigenvalue weighted by molar-refractivity contribution is 5.78. The quantitative estimate of drug-likeness (QED) is 0.937. The van der Waals surface area contributed by atoms with E-state index in [4.69, 9.17) is 0 Å². The van der Waals surface area contributed by atoms with E-state index in [2.05, 4.69) is 4.98 Å². The molecule has 4 nitrogen and oxygen atoms in total. The standard InChI is InChI=1S/C20H22N2O2/c23-17-4-1-3-15(13-17)5-6-18(24)22-14-20(9-2-10-20)19(22)16-7-11-21-12-8-16/h1,3-4,7-8,11-13,19,23H,2,5-6,9-10,14H2. The second-order valence-corrected chi connectivity index (χ2v) is 7.09. The lowest BCUT2D eigenvalue weighted by molar-refractivity contribution is -0.169. The molecule has 0 bridgehead atoms. The first-order chi connectivity index (χ1) is 11.7. The van der Waals surface area contributed by atoms with E-state index in [1.54, 1.807) is 12.1 Å². The van der Waals surface area contributed by atoms with Gasteiger partial charge in [0.2, 0.25) is 5.91 Å². The number of aromatic nitrogens is 1. The molecule has 1 saturated carbocycles. The van der Waals surface area contributed by atoms with Crippen molar-refractivity contribution >= 4 is 5.91 Å². The van der Waals surface area contributed by atoms with Crippen LogP contribution < -0.4 is 0 Å². The molecule has 2 aromatic rings. The number of hydrogen-bond donors (Lipinski definition) is 1. The summed E-state index contributed by atoms with van der Waals surface area (Å²) in [5, 5.41) is 9.54. The number of carbonyl (C=O) groups is 1. The van der Waals surface area contributed by atoms with Crippen LogP contribution in [0.5, 0.6) is 5.75 Å². The molecule has 2 aliphatic rings. The van der Waals surface area contributed by atoms with Crippen LogP contribution in [0.4, 0.5) is 0 Å². The molecule has 24 heavy (non-hydrogen) atoms. The van der Waals surface area contributed by atoms with Crippen LogP contribution in [-0.4, -0.2) is 27.4 Å². The van der Waals surface area contributed by atoms with Gasteiger partial charge in [0.05, 0.1) is 6.04 Å². The first-order valence-electron chi connectivity index (χ1n) is 8.65. The molecule has 1 amide bonds. The van der Waals surface area contributed by atoms with Crippen molar-refractivity contribution in [3.05, 3.63) is 59.9 Å². The van der Waals surface area contributed by atoms with Gasteiger partial charge in [-0.1, -0.05) is 18.6 Å². The number of hydrogen-bond acceptors (Lipinski definition) is 3. The molecule has 1 aliphatic heterocycles. The Morgan fingerprint density at radius 3 is 2.71 bits per heavy atom. The highest BCUT2D eigenvalue weighted by Gasteiger charge is 2.57. The third-order valence-corrected chi connectivity index (χ3v) is 5.61. The number of pyridine rings is 1. The van der Waals surface area contributed by atoms with Gasteiger partial charge >= 0.3 is 0 Å². The normalized spacial score (nSPS) is 21.2. The fourth-order valence-electron chi connectivity index (χ4n) is 4.22. The van der Waals surface area contributed by atoms with Gasteiger partial charge in [-0.05, 0) is 54.7 Å². The summed E-state index contributed by atoms with van der Waals surface area (Å²) in [7, 11) is 0. The molecule has 1 saturated heterocycles. The minimum atomic E-state index is 0.206. The summed E-state index contributed by atoms with van der Waals surface area (Å²) >= 11 is 0. The molecular weight excluding hydrogens is 300 g/mol. The minimum absolute atomic E-state index is 0.206. The van der Waals surface area contributed by atoms with Gasteiger partial charge in [0.25, 0.3) is 0 Å². The Morgan fingerprint density at radius 1 is 1.25 bits per heavy atom. The lowest BCUT2D eigenvalue weighted by atomic mass is 9.56. The summed E-state index contributed by atoms with van der Waals surface area (Å²) < 4.78 is 0. The predicted molar refractivity (Wildman–Crippen MR) is 91.4 cm³/mol. The van der Waals surface area contributed by atoms with Crippen molar-refractivity contribution in [2.75, 3.05) is 6.54 Å². The van der Waals surface area contributed by atoms with Gasteiger partial charge in [-0.15, -0.1) is 0 Å². The van der Waals surface area contributed by atoms with Crippen molar-refractivity contribution in [3.8, 4) is 5.75 Å². The van der Waals surface area contributed by atoms with Gasteiger partial charge < -0.3 is 10.0 Å². The fraction of sp³-hybridized carbons (Fsp3) is 0.400. The van der Waals surface area contributed by atoms with Gasteiger partial charge in [0.1, 0.15) is 5.75 Å². The van der Waals surface area contributed by atoms with Gasteiger partial charge in [0, 0.05) is 30.8 Å². The molecule has 2 fully saturated rings. The van der Waals surface area contributed by atoms with E-state index in [-0.39, 0.29) is 17.7 Å². The smallest absolute Gasteiger partial charge is 0.223 e. The summed E-state index contributed by atoms with van der Waals surface area (Å²) in [4.78, 5) is 18.9. The zero-order valence-corrected chi connectivity index (χ0v) is 13.7. The number of phenolic OH excluding ortho intramolecular Hbond substituents is 1. The van der Waals surface area contributed by atoms with E-state index in [1.807, 2.05) is 41.6 Å². The third kappa shape index (κ3) is 2.56. The maximum Gasteiger partial charge on any atom is 0.223 e. The number of nitrogens with zero attached hydrogens (tertiary/aromatic N) is 2. The highest BCUT2D eigenvalue weighted by atomic mass is 16.3. The fourth-order valence-corrected chi connectivity index (χ4v) is 4.22. The third-order valence-electron chi connectivity index (χ3n) is 5.61. The molecule has 1 N–H and O–H groups in total. The number of benzene rings is 1. The molecular formula is C20H22N2O2. The molecule has 124 valence electrons. The van der Waals surface area contributed by atoms with Crippen LogP contribution in [0.2, 0.25) is 0 Å². The summed E-state index contributed by atoms with van der Waals surface area (Å²) in [6.45, 7) is 0.888. The number of carbonyl (C=O) groups excluding carboxylic acids is 1. The SMILES string of the molecule is O=C(CCc1cccc(O)c1)N1CC2(CCC2)C1c1ccncc1. The number of likely N-dealkylation sites (tertiary alicyclic amines) is 1. The Labute approximate surface area is 142 Å². The van der Waals surface area contributed by atoms with Gasteiger partial charge in [-0.25, -0.2) is 0 Å². The number of phenols is 1.